The first-order chi connectivity index (χ1) is 7.99. The van der Waals surface area contributed by atoms with Crippen LogP contribution in [0.3, 0.4) is 0 Å². The van der Waals surface area contributed by atoms with Gasteiger partial charge in [-0.25, -0.2) is 8.42 Å². The van der Waals surface area contributed by atoms with Crippen LogP contribution in [-0.2, 0) is 19.6 Å². The van der Waals surface area contributed by atoms with E-state index in [1.807, 2.05) is 0 Å². The minimum absolute atomic E-state index is 0.000139. The molecule has 0 bridgehead atoms. The third kappa shape index (κ3) is 3.93. The maximum absolute atomic E-state index is 11.9. The molecule has 0 aromatic heterocycles. The number of hydrogen-bond donors (Lipinski definition) is 1. The van der Waals surface area contributed by atoms with Gasteiger partial charge in [0.1, 0.15) is 6.04 Å². The summed E-state index contributed by atoms with van der Waals surface area (Å²) in [6.07, 6.45) is 2.20. The second kappa shape index (κ2) is 6.32. The average molecular weight is 265 g/mol. The van der Waals surface area contributed by atoms with Crippen LogP contribution < -0.4 is 0 Å². The zero-order chi connectivity index (χ0) is 12.9. The molecule has 1 unspecified atom stereocenters. The van der Waals surface area contributed by atoms with E-state index >= 15 is 0 Å². The Kier molecular flexibility index (Phi) is 5.35. The maximum atomic E-state index is 11.9. The molecule has 0 spiro atoms. The van der Waals surface area contributed by atoms with Crippen LogP contribution in [0.2, 0.25) is 0 Å². The van der Waals surface area contributed by atoms with Gasteiger partial charge in [0.05, 0.1) is 5.75 Å². The molecule has 0 amide bonds. The number of methoxy groups -OCH3 is 1. The summed E-state index contributed by atoms with van der Waals surface area (Å²) < 4.78 is 29.8. The third-order valence-corrected chi connectivity index (χ3v) is 4.80. The van der Waals surface area contributed by atoms with Crippen LogP contribution in [0.5, 0.6) is 0 Å². The standard InChI is InChI=1S/C10H19NO5S/c1-16-7-2-3-8-17(14,15)11-6-4-5-9(11)10(12)13/h9H,2-8H2,1H3,(H,12,13). The van der Waals surface area contributed by atoms with Gasteiger partial charge in [0.15, 0.2) is 0 Å². The van der Waals surface area contributed by atoms with E-state index in [4.69, 9.17) is 9.84 Å². The van der Waals surface area contributed by atoms with E-state index < -0.39 is 22.0 Å². The van der Waals surface area contributed by atoms with Gasteiger partial charge < -0.3 is 9.84 Å². The second-order valence-corrected chi connectivity index (χ2v) is 6.16. The topological polar surface area (TPSA) is 83.9 Å². The number of aliphatic carboxylic acids is 1. The van der Waals surface area contributed by atoms with E-state index in [1.165, 1.54) is 0 Å². The highest BCUT2D eigenvalue weighted by Gasteiger charge is 2.37. The summed E-state index contributed by atoms with van der Waals surface area (Å²) in [6, 6.07) is -0.873. The summed E-state index contributed by atoms with van der Waals surface area (Å²) in [5.41, 5.74) is 0. The number of ether oxygens (including phenoxy) is 1. The number of hydrogen-bond acceptors (Lipinski definition) is 4. The Balaban J connectivity index is 2.54. The number of nitrogens with zero attached hydrogens (tertiary/aromatic N) is 1. The highest BCUT2D eigenvalue weighted by molar-refractivity contribution is 7.89. The van der Waals surface area contributed by atoms with Crippen molar-refractivity contribution in [3.05, 3.63) is 0 Å². The van der Waals surface area contributed by atoms with Crippen LogP contribution in [0.4, 0.5) is 0 Å². The molecule has 1 aliphatic rings. The van der Waals surface area contributed by atoms with Crippen LogP contribution >= 0.6 is 0 Å². The van der Waals surface area contributed by atoms with Crippen molar-refractivity contribution in [1.82, 2.24) is 4.31 Å². The van der Waals surface area contributed by atoms with E-state index in [0.717, 1.165) is 4.31 Å². The van der Waals surface area contributed by atoms with Crippen LogP contribution in [-0.4, -0.2) is 55.9 Å². The lowest BCUT2D eigenvalue weighted by molar-refractivity contribution is -0.140. The molecular formula is C10H19NO5S. The molecule has 1 N–H and O–H groups in total. The second-order valence-electron chi connectivity index (χ2n) is 4.12. The van der Waals surface area contributed by atoms with Crippen LogP contribution in [0.25, 0.3) is 0 Å². The lowest BCUT2D eigenvalue weighted by Crippen LogP contribution is -2.41. The molecule has 0 aliphatic carbocycles. The van der Waals surface area contributed by atoms with Crippen molar-refractivity contribution in [1.29, 1.82) is 0 Å². The molecule has 1 atom stereocenters. The van der Waals surface area contributed by atoms with Crippen molar-refractivity contribution in [3.63, 3.8) is 0 Å². The molecule has 1 heterocycles. The van der Waals surface area contributed by atoms with E-state index in [9.17, 15) is 13.2 Å². The van der Waals surface area contributed by atoms with Crippen LogP contribution in [0.1, 0.15) is 25.7 Å². The first-order valence-corrected chi connectivity index (χ1v) is 7.31. The minimum atomic E-state index is -3.44. The van der Waals surface area contributed by atoms with Crippen LogP contribution in [0.15, 0.2) is 0 Å². The fourth-order valence-corrected chi connectivity index (χ4v) is 3.76. The van der Waals surface area contributed by atoms with E-state index in [-0.39, 0.29) is 5.75 Å². The van der Waals surface area contributed by atoms with Gasteiger partial charge in [0.25, 0.3) is 0 Å². The molecule has 1 aliphatic heterocycles. The Hall–Kier alpha value is -0.660. The van der Waals surface area contributed by atoms with E-state index in [1.54, 1.807) is 7.11 Å². The number of carboxylic acids is 1. The fourth-order valence-electron chi connectivity index (χ4n) is 1.97. The Morgan fingerprint density at radius 1 is 1.47 bits per heavy atom. The largest absolute Gasteiger partial charge is 0.480 e. The molecule has 0 aromatic carbocycles. The smallest absolute Gasteiger partial charge is 0.322 e. The summed E-state index contributed by atoms with van der Waals surface area (Å²) in [6.45, 7) is 0.849. The predicted octanol–water partition coefficient (Wildman–Crippen LogP) is 0.292. The van der Waals surface area contributed by atoms with E-state index in [2.05, 4.69) is 0 Å². The first-order valence-electron chi connectivity index (χ1n) is 5.70. The molecule has 1 fully saturated rings. The monoisotopic (exact) mass is 265 g/mol. The summed E-state index contributed by atoms with van der Waals surface area (Å²) in [5.74, 6) is -1.05. The zero-order valence-electron chi connectivity index (χ0n) is 9.96. The van der Waals surface area contributed by atoms with Gasteiger partial charge in [0, 0.05) is 20.3 Å². The molecule has 100 valence electrons. The Morgan fingerprint density at radius 3 is 2.76 bits per heavy atom. The Bertz CT molecular complexity index is 354. The SMILES string of the molecule is COCCCCS(=O)(=O)N1CCCC1C(=O)O. The molecule has 6 nitrogen and oxygen atoms in total. The number of unbranched alkanes of at least 4 members (excludes halogenated alkanes) is 1. The first kappa shape index (κ1) is 14.4. The summed E-state index contributed by atoms with van der Waals surface area (Å²) >= 11 is 0. The number of carbonyl (C=O) groups is 1. The van der Waals surface area contributed by atoms with Crippen molar-refractivity contribution in [2.24, 2.45) is 0 Å². The number of sulfonamides is 1. The van der Waals surface area contributed by atoms with Crippen molar-refractivity contribution < 1.29 is 23.1 Å². The molecule has 1 rings (SSSR count). The van der Waals surface area contributed by atoms with E-state index in [0.29, 0.717) is 38.8 Å². The van der Waals surface area contributed by atoms with Gasteiger partial charge in [-0.05, 0) is 25.7 Å². The number of rotatable bonds is 7. The van der Waals surface area contributed by atoms with Gasteiger partial charge in [-0.3, -0.25) is 4.79 Å². The van der Waals surface area contributed by atoms with Gasteiger partial charge in [-0.2, -0.15) is 4.31 Å². The molecule has 0 radical (unpaired) electrons. The van der Waals surface area contributed by atoms with Gasteiger partial charge in [-0.1, -0.05) is 0 Å². The lowest BCUT2D eigenvalue weighted by Gasteiger charge is -2.20. The number of carboxylic acid groups (broad SMARTS) is 1. The average Bonchev–Trinajstić information content (AvgIpc) is 2.74. The molecule has 0 saturated carbocycles. The zero-order valence-corrected chi connectivity index (χ0v) is 10.8. The molecule has 0 aromatic rings. The lowest BCUT2D eigenvalue weighted by atomic mass is 10.2. The van der Waals surface area contributed by atoms with Gasteiger partial charge in [-0.15, -0.1) is 0 Å². The molecule has 7 heteroatoms. The predicted molar refractivity (Wildman–Crippen MR) is 62.3 cm³/mol. The minimum Gasteiger partial charge on any atom is -0.480 e. The molecular weight excluding hydrogens is 246 g/mol. The normalized spacial score (nSPS) is 21.8. The molecule has 17 heavy (non-hydrogen) atoms. The third-order valence-electron chi connectivity index (χ3n) is 2.85. The summed E-state index contributed by atoms with van der Waals surface area (Å²) in [7, 11) is -1.87. The van der Waals surface area contributed by atoms with Crippen molar-refractivity contribution in [2.75, 3.05) is 26.0 Å². The van der Waals surface area contributed by atoms with Crippen molar-refractivity contribution >= 4 is 16.0 Å². The molecule has 1 saturated heterocycles. The maximum Gasteiger partial charge on any atom is 0.322 e. The van der Waals surface area contributed by atoms with Crippen LogP contribution in [0, 0.1) is 0 Å². The van der Waals surface area contributed by atoms with Gasteiger partial charge in [0.2, 0.25) is 10.0 Å². The van der Waals surface area contributed by atoms with Crippen molar-refractivity contribution in [2.45, 2.75) is 31.7 Å². The summed E-state index contributed by atoms with van der Waals surface area (Å²) in [4.78, 5) is 10.9. The Morgan fingerprint density at radius 2 is 2.18 bits per heavy atom. The fraction of sp³-hybridized carbons (Fsp3) is 0.900. The highest BCUT2D eigenvalue weighted by atomic mass is 32.2. The van der Waals surface area contributed by atoms with Gasteiger partial charge >= 0.3 is 5.97 Å². The summed E-state index contributed by atoms with van der Waals surface area (Å²) in [5, 5.41) is 8.93. The Labute approximate surface area is 102 Å². The highest BCUT2D eigenvalue weighted by Crippen LogP contribution is 2.22. The quantitative estimate of drug-likeness (QED) is 0.669. The van der Waals surface area contributed by atoms with Crippen molar-refractivity contribution in [3.8, 4) is 0 Å².